The molecule has 21 heavy (non-hydrogen) atoms. The van der Waals surface area contributed by atoms with Crippen molar-refractivity contribution in [2.75, 3.05) is 7.05 Å². The lowest BCUT2D eigenvalue weighted by atomic mass is 9.93. The van der Waals surface area contributed by atoms with E-state index in [0.717, 1.165) is 5.01 Å². The summed E-state index contributed by atoms with van der Waals surface area (Å²) in [6.07, 6.45) is 0. The minimum Gasteiger partial charge on any atom is -0.307 e. The molecule has 0 aliphatic carbocycles. The van der Waals surface area contributed by atoms with Gasteiger partial charge in [0.2, 0.25) is 0 Å². The Labute approximate surface area is 132 Å². The highest BCUT2D eigenvalue weighted by atomic mass is 32.1. The van der Waals surface area contributed by atoms with E-state index in [4.69, 9.17) is 4.98 Å². The largest absolute Gasteiger partial charge is 0.307 e. The Morgan fingerprint density at radius 2 is 1.67 bits per heavy atom. The third-order valence-electron chi connectivity index (χ3n) is 4.02. The highest BCUT2D eigenvalue weighted by Gasteiger charge is 2.22. The number of nitrogens with one attached hydrogen (secondary N) is 1. The smallest absolute Gasteiger partial charge is 0.114 e. The summed E-state index contributed by atoms with van der Waals surface area (Å²) in [7, 11) is 2.01. The van der Waals surface area contributed by atoms with E-state index in [0.29, 0.717) is 0 Å². The Hall–Kier alpha value is -1.19. The van der Waals surface area contributed by atoms with Gasteiger partial charge in [0.05, 0.1) is 11.7 Å². The molecule has 0 fully saturated rings. The Bertz CT molecular complexity index is 635. The summed E-state index contributed by atoms with van der Waals surface area (Å²) in [5.74, 6) is 0. The third kappa shape index (κ3) is 3.35. The van der Waals surface area contributed by atoms with E-state index in [-0.39, 0.29) is 11.5 Å². The molecular weight excluding hydrogens is 276 g/mol. The summed E-state index contributed by atoms with van der Waals surface area (Å²) in [4.78, 5) is 4.88. The van der Waals surface area contributed by atoms with E-state index in [1.54, 1.807) is 11.3 Å². The maximum absolute atomic E-state index is 4.88. The molecule has 0 spiro atoms. The number of hydrogen-bond acceptors (Lipinski definition) is 3. The van der Waals surface area contributed by atoms with Crippen LogP contribution in [-0.4, -0.2) is 12.0 Å². The van der Waals surface area contributed by atoms with E-state index in [2.05, 4.69) is 64.4 Å². The zero-order valence-corrected chi connectivity index (χ0v) is 15.0. The van der Waals surface area contributed by atoms with Crippen LogP contribution in [0.3, 0.4) is 0 Å². The fraction of sp³-hybridized carbons (Fsp3) is 0.500. The fourth-order valence-corrected chi connectivity index (χ4v) is 3.64. The first-order valence-corrected chi connectivity index (χ1v) is 8.33. The number of hydrogen-bond donors (Lipinski definition) is 1. The van der Waals surface area contributed by atoms with Gasteiger partial charge in [-0.1, -0.05) is 32.9 Å². The number of aryl methyl sites for hydroxylation is 3. The van der Waals surface area contributed by atoms with E-state index >= 15 is 0 Å². The van der Waals surface area contributed by atoms with Crippen molar-refractivity contribution in [3.63, 3.8) is 0 Å². The highest BCUT2D eigenvalue weighted by Crippen LogP contribution is 2.32. The lowest BCUT2D eigenvalue weighted by Crippen LogP contribution is -2.20. The number of nitrogens with zero attached hydrogens (tertiary/aromatic N) is 1. The van der Waals surface area contributed by atoms with Crippen LogP contribution in [-0.2, 0) is 5.41 Å². The van der Waals surface area contributed by atoms with Crippen LogP contribution >= 0.6 is 11.3 Å². The molecule has 1 N–H and O–H groups in total. The monoisotopic (exact) mass is 302 g/mol. The summed E-state index contributed by atoms with van der Waals surface area (Å²) >= 11 is 1.75. The van der Waals surface area contributed by atoms with E-state index in [1.165, 1.54) is 27.9 Å². The van der Waals surface area contributed by atoms with Crippen LogP contribution in [0, 0.1) is 20.8 Å². The molecule has 1 aromatic carbocycles. The molecule has 1 aromatic heterocycles. The molecular formula is C18H26N2S. The normalized spacial score (nSPS) is 13.5. The van der Waals surface area contributed by atoms with Crippen LogP contribution in [0.4, 0.5) is 0 Å². The minimum atomic E-state index is 0.102. The summed E-state index contributed by atoms with van der Waals surface area (Å²) in [6, 6.07) is 4.74. The zero-order chi connectivity index (χ0) is 15.8. The van der Waals surface area contributed by atoms with Crippen LogP contribution < -0.4 is 5.32 Å². The Morgan fingerprint density at radius 3 is 2.19 bits per heavy atom. The van der Waals surface area contributed by atoms with Gasteiger partial charge in [0, 0.05) is 10.8 Å². The van der Waals surface area contributed by atoms with Gasteiger partial charge in [-0.2, -0.15) is 0 Å². The molecule has 2 aromatic rings. The minimum absolute atomic E-state index is 0.102. The van der Waals surface area contributed by atoms with Crippen molar-refractivity contribution in [3.05, 3.63) is 50.5 Å². The first-order chi connectivity index (χ1) is 9.74. The SMILES string of the molecule is CNC(c1nc(C(C)(C)C)cs1)c1cc(C)c(C)cc1C. The molecule has 2 nitrogen and oxygen atoms in total. The predicted molar refractivity (Wildman–Crippen MR) is 92.4 cm³/mol. The topological polar surface area (TPSA) is 24.9 Å². The van der Waals surface area contributed by atoms with Gasteiger partial charge in [0.15, 0.2) is 0 Å². The molecule has 0 radical (unpaired) electrons. The van der Waals surface area contributed by atoms with Crippen molar-refractivity contribution in [1.29, 1.82) is 0 Å². The Balaban J connectivity index is 2.45. The second-order valence-electron chi connectivity index (χ2n) is 6.84. The van der Waals surface area contributed by atoms with E-state index in [9.17, 15) is 0 Å². The third-order valence-corrected chi connectivity index (χ3v) is 4.93. The van der Waals surface area contributed by atoms with Gasteiger partial charge in [-0.15, -0.1) is 11.3 Å². The maximum Gasteiger partial charge on any atom is 0.114 e. The number of rotatable bonds is 3. The fourth-order valence-electron chi connectivity index (χ4n) is 2.47. The zero-order valence-electron chi connectivity index (χ0n) is 14.2. The lowest BCUT2D eigenvalue weighted by molar-refractivity contribution is 0.566. The van der Waals surface area contributed by atoms with Gasteiger partial charge in [0.25, 0.3) is 0 Å². The molecule has 0 aliphatic heterocycles. The summed E-state index contributed by atoms with van der Waals surface area (Å²) < 4.78 is 0. The van der Waals surface area contributed by atoms with Crippen molar-refractivity contribution in [3.8, 4) is 0 Å². The van der Waals surface area contributed by atoms with Gasteiger partial charge < -0.3 is 5.32 Å². The van der Waals surface area contributed by atoms with Crippen LogP contribution in [0.1, 0.15) is 59.8 Å². The van der Waals surface area contributed by atoms with Crippen LogP contribution in [0.25, 0.3) is 0 Å². The molecule has 114 valence electrons. The first kappa shape index (κ1) is 16.2. The Morgan fingerprint density at radius 1 is 1.05 bits per heavy atom. The maximum atomic E-state index is 4.88. The van der Waals surface area contributed by atoms with Crippen LogP contribution in [0.2, 0.25) is 0 Å². The summed E-state index contributed by atoms with van der Waals surface area (Å²) in [5.41, 5.74) is 6.61. The van der Waals surface area contributed by atoms with Gasteiger partial charge in [-0.3, -0.25) is 0 Å². The number of thiazole rings is 1. The average molecular weight is 302 g/mol. The molecule has 0 saturated heterocycles. The summed E-state index contributed by atoms with van der Waals surface area (Å²) in [5, 5.41) is 6.77. The van der Waals surface area contributed by atoms with Crippen LogP contribution in [0.15, 0.2) is 17.5 Å². The van der Waals surface area contributed by atoms with Gasteiger partial charge >= 0.3 is 0 Å². The molecule has 3 heteroatoms. The molecule has 0 amide bonds. The van der Waals surface area contributed by atoms with Crippen molar-refractivity contribution >= 4 is 11.3 Å². The van der Waals surface area contributed by atoms with E-state index < -0.39 is 0 Å². The second-order valence-corrected chi connectivity index (χ2v) is 7.73. The quantitative estimate of drug-likeness (QED) is 0.891. The van der Waals surface area contributed by atoms with Crippen LogP contribution in [0.5, 0.6) is 0 Å². The molecule has 1 unspecified atom stereocenters. The molecule has 1 heterocycles. The highest BCUT2D eigenvalue weighted by molar-refractivity contribution is 7.09. The molecule has 1 atom stereocenters. The predicted octanol–water partition coefficient (Wildman–Crippen LogP) is 4.67. The number of aromatic nitrogens is 1. The summed E-state index contributed by atoms with van der Waals surface area (Å²) in [6.45, 7) is 13.2. The van der Waals surface area contributed by atoms with Gasteiger partial charge in [0.1, 0.15) is 5.01 Å². The van der Waals surface area contributed by atoms with Gasteiger partial charge in [-0.05, 0) is 50.1 Å². The molecule has 0 aliphatic rings. The van der Waals surface area contributed by atoms with Crippen molar-refractivity contribution in [2.24, 2.45) is 0 Å². The van der Waals surface area contributed by atoms with Crippen molar-refractivity contribution < 1.29 is 0 Å². The standard InChI is InChI=1S/C18H26N2S/c1-11-8-13(3)14(9-12(11)2)16(19-7)17-20-15(10-21-17)18(4,5)6/h8-10,16,19H,1-7H3. The van der Waals surface area contributed by atoms with Gasteiger partial charge in [-0.25, -0.2) is 4.98 Å². The molecule has 0 bridgehead atoms. The first-order valence-electron chi connectivity index (χ1n) is 7.45. The molecule has 0 saturated carbocycles. The van der Waals surface area contributed by atoms with Crippen molar-refractivity contribution in [2.45, 2.75) is 53.0 Å². The lowest BCUT2D eigenvalue weighted by Gasteiger charge is -2.19. The molecule has 2 rings (SSSR count). The van der Waals surface area contributed by atoms with E-state index in [1.807, 2.05) is 7.05 Å². The second kappa shape index (κ2) is 5.90. The Kier molecular flexibility index (Phi) is 4.54. The number of benzene rings is 1. The average Bonchev–Trinajstić information content (AvgIpc) is 2.86. The van der Waals surface area contributed by atoms with Crippen molar-refractivity contribution in [1.82, 2.24) is 10.3 Å².